The van der Waals surface area contributed by atoms with Crippen LogP contribution in [0.15, 0.2) is 162 Å². The number of fused-ring (bicyclic) bond motifs is 5. The van der Waals surface area contributed by atoms with Crippen LogP contribution in [0.1, 0.15) is 25.0 Å². The molecule has 47 heavy (non-hydrogen) atoms. The lowest BCUT2D eigenvalue weighted by atomic mass is 9.82. The first-order valence-corrected chi connectivity index (χ1v) is 16.1. The highest BCUT2D eigenvalue weighted by molar-refractivity contribution is 5.94. The molecule has 0 saturated carbocycles. The Morgan fingerprint density at radius 1 is 0.489 bits per heavy atom. The van der Waals surface area contributed by atoms with E-state index in [0.29, 0.717) is 5.89 Å². The van der Waals surface area contributed by atoms with Crippen molar-refractivity contribution in [3.63, 3.8) is 0 Å². The molecule has 3 nitrogen and oxygen atoms in total. The van der Waals surface area contributed by atoms with Crippen LogP contribution in [-0.4, -0.2) is 4.98 Å². The second-order valence-electron chi connectivity index (χ2n) is 12.9. The molecule has 0 spiro atoms. The molecule has 0 N–H and O–H groups in total. The Bertz CT molecular complexity index is 2420. The molecular formula is C44H32N2O. The smallest absolute Gasteiger partial charge is 0.227 e. The number of hydrogen-bond acceptors (Lipinski definition) is 3. The summed E-state index contributed by atoms with van der Waals surface area (Å²) in [4.78, 5) is 7.26. The Labute approximate surface area is 274 Å². The van der Waals surface area contributed by atoms with Gasteiger partial charge in [-0.1, -0.05) is 111 Å². The highest BCUT2D eigenvalue weighted by atomic mass is 16.3. The largest absolute Gasteiger partial charge is 0.436 e. The zero-order valence-corrected chi connectivity index (χ0v) is 26.3. The standard InChI is InChI=1S/C44H32N2O/c1-44(2)39-24-23-36(26-37(39)38-27-42-41(28-40(38)44)45-43(47-42)32-14-7-4-8-15-32)46(35-22-19-30-13-9-10-16-33(30)25-35)34-20-17-31(18-21-34)29-11-5-3-6-12-29/h3-28H,1-2H3. The number of nitrogens with zero attached hydrogens (tertiary/aromatic N) is 2. The SMILES string of the molecule is CC1(C)c2ccc(N(c3ccc(-c4ccccc4)cc3)c3ccc4ccccc4c3)cc2-c2cc3oc(-c4ccccc4)nc3cc21. The molecular weight excluding hydrogens is 572 g/mol. The van der Waals surface area contributed by atoms with Gasteiger partial charge in [0.15, 0.2) is 5.58 Å². The third kappa shape index (κ3) is 4.54. The minimum absolute atomic E-state index is 0.172. The van der Waals surface area contributed by atoms with Crippen LogP contribution < -0.4 is 4.90 Å². The average Bonchev–Trinajstić information content (AvgIpc) is 3.64. The minimum Gasteiger partial charge on any atom is -0.436 e. The van der Waals surface area contributed by atoms with Gasteiger partial charge in [-0.15, -0.1) is 0 Å². The first kappa shape index (κ1) is 27.4. The van der Waals surface area contributed by atoms with E-state index in [0.717, 1.165) is 33.7 Å². The maximum Gasteiger partial charge on any atom is 0.227 e. The van der Waals surface area contributed by atoms with Crippen LogP contribution in [0, 0.1) is 0 Å². The molecule has 0 radical (unpaired) electrons. The number of rotatable bonds is 5. The third-order valence-electron chi connectivity index (χ3n) is 9.67. The van der Waals surface area contributed by atoms with Crippen LogP contribution in [0.2, 0.25) is 0 Å². The van der Waals surface area contributed by atoms with Gasteiger partial charge in [-0.3, -0.25) is 0 Å². The maximum atomic E-state index is 6.35. The first-order valence-electron chi connectivity index (χ1n) is 16.1. The van der Waals surface area contributed by atoms with E-state index in [4.69, 9.17) is 9.40 Å². The second-order valence-corrected chi connectivity index (χ2v) is 12.9. The molecule has 1 heterocycles. The number of anilines is 3. The van der Waals surface area contributed by atoms with Gasteiger partial charge in [0.05, 0.1) is 0 Å². The van der Waals surface area contributed by atoms with Crippen molar-refractivity contribution < 1.29 is 4.42 Å². The van der Waals surface area contributed by atoms with Crippen LogP contribution in [-0.2, 0) is 5.41 Å². The molecule has 7 aromatic carbocycles. The molecule has 0 amide bonds. The zero-order chi connectivity index (χ0) is 31.5. The van der Waals surface area contributed by atoms with Crippen LogP contribution in [0.5, 0.6) is 0 Å². The number of oxazole rings is 1. The molecule has 1 aliphatic carbocycles. The van der Waals surface area contributed by atoms with E-state index < -0.39 is 0 Å². The van der Waals surface area contributed by atoms with Gasteiger partial charge in [0.2, 0.25) is 5.89 Å². The summed E-state index contributed by atoms with van der Waals surface area (Å²) >= 11 is 0. The maximum absolute atomic E-state index is 6.35. The Hall–Kier alpha value is -5.93. The molecule has 0 atom stereocenters. The lowest BCUT2D eigenvalue weighted by Crippen LogP contribution is -2.15. The molecule has 3 heteroatoms. The van der Waals surface area contributed by atoms with Gasteiger partial charge >= 0.3 is 0 Å². The Balaban J connectivity index is 1.20. The summed E-state index contributed by atoms with van der Waals surface area (Å²) in [6.45, 7) is 4.62. The fourth-order valence-corrected chi connectivity index (χ4v) is 7.20. The van der Waals surface area contributed by atoms with Crippen LogP contribution >= 0.6 is 0 Å². The predicted molar refractivity (Wildman–Crippen MR) is 195 cm³/mol. The number of hydrogen-bond donors (Lipinski definition) is 0. The summed E-state index contributed by atoms with van der Waals surface area (Å²) < 4.78 is 6.35. The van der Waals surface area contributed by atoms with Crippen LogP contribution in [0.3, 0.4) is 0 Å². The van der Waals surface area contributed by atoms with Gasteiger partial charge in [0.25, 0.3) is 0 Å². The van der Waals surface area contributed by atoms with Gasteiger partial charge in [-0.2, -0.15) is 0 Å². The molecule has 0 fully saturated rings. The predicted octanol–water partition coefficient (Wildman–Crippen LogP) is 12.1. The molecule has 8 aromatic rings. The molecule has 0 bridgehead atoms. The summed E-state index contributed by atoms with van der Waals surface area (Å²) in [6, 6.07) is 56.2. The lowest BCUT2D eigenvalue weighted by molar-refractivity contribution is 0.619. The van der Waals surface area contributed by atoms with E-state index in [1.807, 2.05) is 30.3 Å². The Morgan fingerprint density at radius 2 is 1.09 bits per heavy atom. The molecule has 224 valence electrons. The van der Waals surface area contributed by atoms with Crippen molar-refractivity contribution >= 4 is 38.9 Å². The zero-order valence-electron chi connectivity index (χ0n) is 26.3. The topological polar surface area (TPSA) is 29.3 Å². The van der Waals surface area contributed by atoms with Crippen LogP contribution in [0.25, 0.3) is 55.6 Å². The second kappa shape index (κ2) is 10.6. The van der Waals surface area contributed by atoms with E-state index in [2.05, 4.69) is 146 Å². The third-order valence-corrected chi connectivity index (χ3v) is 9.67. The quantitative estimate of drug-likeness (QED) is 0.196. The average molecular weight is 605 g/mol. The Kier molecular flexibility index (Phi) is 6.16. The van der Waals surface area contributed by atoms with E-state index in [1.54, 1.807) is 0 Å². The van der Waals surface area contributed by atoms with Crippen molar-refractivity contribution in [2.24, 2.45) is 0 Å². The van der Waals surface area contributed by atoms with Gasteiger partial charge in [0.1, 0.15) is 5.52 Å². The molecule has 0 aliphatic heterocycles. The van der Waals surface area contributed by atoms with Crippen LogP contribution in [0.4, 0.5) is 17.1 Å². The molecule has 9 rings (SSSR count). The van der Waals surface area contributed by atoms with E-state index in [1.165, 1.54) is 44.2 Å². The summed E-state index contributed by atoms with van der Waals surface area (Å²) in [5.41, 5.74) is 13.3. The van der Waals surface area contributed by atoms with Crippen molar-refractivity contribution in [1.82, 2.24) is 4.98 Å². The van der Waals surface area contributed by atoms with Crippen molar-refractivity contribution in [2.45, 2.75) is 19.3 Å². The summed E-state index contributed by atoms with van der Waals surface area (Å²) in [6.07, 6.45) is 0. The van der Waals surface area contributed by atoms with Crippen molar-refractivity contribution in [2.75, 3.05) is 4.90 Å². The van der Waals surface area contributed by atoms with Gasteiger partial charge in [-0.25, -0.2) is 4.98 Å². The van der Waals surface area contributed by atoms with E-state index in [-0.39, 0.29) is 5.41 Å². The molecule has 1 aromatic heterocycles. The highest BCUT2D eigenvalue weighted by Crippen LogP contribution is 2.52. The fourth-order valence-electron chi connectivity index (χ4n) is 7.20. The number of benzene rings is 7. The van der Waals surface area contributed by atoms with E-state index >= 15 is 0 Å². The molecule has 1 aliphatic rings. The van der Waals surface area contributed by atoms with Crippen molar-refractivity contribution in [3.05, 3.63) is 169 Å². The van der Waals surface area contributed by atoms with Gasteiger partial charge in [0, 0.05) is 28.0 Å². The minimum atomic E-state index is -0.172. The summed E-state index contributed by atoms with van der Waals surface area (Å²) in [7, 11) is 0. The van der Waals surface area contributed by atoms with E-state index in [9.17, 15) is 0 Å². The first-order chi connectivity index (χ1) is 23.0. The van der Waals surface area contributed by atoms with Crippen molar-refractivity contribution in [3.8, 4) is 33.7 Å². The van der Waals surface area contributed by atoms with Gasteiger partial charge < -0.3 is 9.32 Å². The monoisotopic (exact) mass is 604 g/mol. The highest BCUT2D eigenvalue weighted by Gasteiger charge is 2.37. The molecule has 0 saturated heterocycles. The summed E-state index contributed by atoms with van der Waals surface area (Å²) in [5, 5.41) is 2.44. The van der Waals surface area contributed by atoms with Crippen molar-refractivity contribution in [1.29, 1.82) is 0 Å². The summed E-state index contributed by atoms with van der Waals surface area (Å²) in [5.74, 6) is 0.650. The van der Waals surface area contributed by atoms with Gasteiger partial charge in [-0.05, 0) is 105 Å². The Morgan fingerprint density at radius 3 is 1.85 bits per heavy atom. The fraction of sp³-hybridized carbons (Fsp3) is 0.0682. The normalized spacial score (nSPS) is 13.1. The lowest BCUT2D eigenvalue weighted by Gasteiger charge is -2.27. The number of aromatic nitrogens is 1. The molecule has 0 unspecified atom stereocenters.